The lowest BCUT2D eigenvalue weighted by atomic mass is 9.78. The lowest BCUT2D eigenvalue weighted by Gasteiger charge is -2.22. The molecule has 4 rings (SSSR count). The summed E-state index contributed by atoms with van der Waals surface area (Å²) in [6.45, 7) is 2.39. The molecule has 1 saturated carbocycles. The molecule has 2 unspecified atom stereocenters. The number of dihydropyridines is 1. The summed E-state index contributed by atoms with van der Waals surface area (Å²) < 4.78 is 40.7. The van der Waals surface area contributed by atoms with E-state index in [0.29, 0.717) is 24.4 Å². The van der Waals surface area contributed by atoms with E-state index in [9.17, 15) is 22.8 Å². The fourth-order valence-electron chi connectivity index (χ4n) is 4.55. The first-order chi connectivity index (χ1) is 15.7. The van der Waals surface area contributed by atoms with Gasteiger partial charge in [-0.05, 0) is 42.6 Å². The lowest BCUT2D eigenvalue weighted by molar-refractivity contribution is -0.161. The molecular weight excluding hydrogens is 433 g/mol. The molecule has 33 heavy (non-hydrogen) atoms. The standard InChI is InChI=1S/C24H23F3N4O2/c1-2-14-12-23(17-9-6-10-29-20(17)31-22(23)33)13-16(14)11-18(28)21(32)30-19(24(25,26)27)15-7-4-3-5-8-15/h2-9,11,19,28-29H,10,12-13H2,1H3,(H,30,32)(H,31,33)/b14-2-,16-11-,28-18?. The largest absolute Gasteiger partial charge is 0.412 e. The van der Waals surface area contributed by atoms with Crippen LogP contribution >= 0.6 is 0 Å². The minimum Gasteiger partial charge on any atom is -0.368 e. The van der Waals surface area contributed by atoms with Gasteiger partial charge in [-0.1, -0.05) is 48.6 Å². The van der Waals surface area contributed by atoms with Crippen molar-refractivity contribution in [3.8, 4) is 0 Å². The fraction of sp³-hybridized carbons (Fsp3) is 0.292. The highest BCUT2D eigenvalue weighted by Crippen LogP contribution is 2.53. The minimum atomic E-state index is -4.72. The Morgan fingerprint density at radius 3 is 2.58 bits per heavy atom. The second-order valence-electron chi connectivity index (χ2n) is 8.22. The molecule has 2 heterocycles. The van der Waals surface area contributed by atoms with E-state index in [4.69, 9.17) is 5.41 Å². The van der Waals surface area contributed by atoms with Crippen LogP contribution in [0.2, 0.25) is 0 Å². The molecule has 3 aliphatic rings. The van der Waals surface area contributed by atoms with Crippen molar-refractivity contribution in [3.63, 3.8) is 0 Å². The van der Waals surface area contributed by atoms with Crippen molar-refractivity contribution in [2.75, 3.05) is 6.54 Å². The summed E-state index contributed by atoms with van der Waals surface area (Å²) >= 11 is 0. The monoisotopic (exact) mass is 456 g/mol. The fourth-order valence-corrected chi connectivity index (χ4v) is 4.55. The van der Waals surface area contributed by atoms with Crippen molar-refractivity contribution in [3.05, 3.63) is 82.7 Å². The quantitative estimate of drug-likeness (QED) is 0.522. The second kappa shape index (κ2) is 8.38. The zero-order valence-electron chi connectivity index (χ0n) is 17.8. The highest BCUT2D eigenvalue weighted by Gasteiger charge is 2.52. The van der Waals surface area contributed by atoms with Gasteiger partial charge >= 0.3 is 6.18 Å². The van der Waals surface area contributed by atoms with Gasteiger partial charge < -0.3 is 16.0 Å². The predicted molar refractivity (Wildman–Crippen MR) is 117 cm³/mol. The van der Waals surface area contributed by atoms with Gasteiger partial charge in [0.15, 0.2) is 6.04 Å². The molecule has 0 bridgehead atoms. The van der Waals surface area contributed by atoms with Crippen LogP contribution in [-0.4, -0.2) is 30.2 Å². The lowest BCUT2D eigenvalue weighted by Crippen LogP contribution is -2.40. The van der Waals surface area contributed by atoms with Crippen LogP contribution < -0.4 is 16.0 Å². The van der Waals surface area contributed by atoms with Crippen molar-refractivity contribution >= 4 is 17.5 Å². The molecule has 1 fully saturated rings. The van der Waals surface area contributed by atoms with Crippen LogP contribution in [0, 0.1) is 10.8 Å². The molecule has 2 aliphatic heterocycles. The maximum atomic E-state index is 13.6. The number of fused-ring (bicyclic) bond motifs is 1. The molecular formula is C24H23F3N4O2. The Bertz CT molecular complexity index is 1130. The normalized spacial score (nSPS) is 25.3. The Balaban J connectivity index is 1.57. The molecule has 1 aromatic rings. The Kier molecular flexibility index (Phi) is 5.73. The van der Waals surface area contributed by atoms with E-state index in [-0.39, 0.29) is 17.9 Å². The molecule has 6 nitrogen and oxygen atoms in total. The number of carbonyl (C=O) groups is 2. The van der Waals surface area contributed by atoms with Crippen molar-refractivity contribution < 1.29 is 22.8 Å². The van der Waals surface area contributed by atoms with Crippen LogP contribution in [0.15, 0.2) is 77.2 Å². The van der Waals surface area contributed by atoms with E-state index >= 15 is 0 Å². The van der Waals surface area contributed by atoms with Crippen molar-refractivity contribution in [1.82, 2.24) is 16.0 Å². The van der Waals surface area contributed by atoms with Crippen LogP contribution in [-0.2, 0) is 9.59 Å². The Labute approximate surface area is 188 Å². The molecule has 2 amide bonds. The molecule has 172 valence electrons. The molecule has 9 heteroatoms. The van der Waals surface area contributed by atoms with Gasteiger partial charge in [-0.2, -0.15) is 13.2 Å². The SMILES string of the molecule is C/C=C1/CC2(C/C1=C/C(=N)C(=O)NC(c1ccccc1)C(F)(F)F)C(=O)NC1=C2C=CCN1. The highest BCUT2D eigenvalue weighted by atomic mass is 19.4. The van der Waals surface area contributed by atoms with Crippen LogP contribution in [0.3, 0.4) is 0 Å². The van der Waals surface area contributed by atoms with Crippen molar-refractivity contribution in [2.45, 2.75) is 32.0 Å². The Hall–Kier alpha value is -3.62. The Morgan fingerprint density at radius 1 is 1.21 bits per heavy atom. The number of hydrogen-bond donors (Lipinski definition) is 4. The third-order valence-electron chi connectivity index (χ3n) is 6.18. The highest BCUT2D eigenvalue weighted by molar-refractivity contribution is 6.42. The van der Waals surface area contributed by atoms with E-state index in [1.54, 1.807) is 19.1 Å². The van der Waals surface area contributed by atoms with E-state index in [1.165, 1.54) is 30.3 Å². The topological polar surface area (TPSA) is 94.1 Å². The van der Waals surface area contributed by atoms with Gasteiger partial charge in [-0.15, -0.1) is 0 Å². The Morgan fingerprint density at radius 2 is 1.91 bits per heavy atom. The molecule has 1 aliphatic carbocycles. The summed E-state index contributed by atoms with van der Waals surface area (Å²) in [5.74, 6) is -0.658. The van der Waals surface area contributed by atoms with Gasteiger partial charge in [-0.3, -0.25) is 15.0 Å². The van der Waals surface area contributed by atoms with Gasteiger partial charge in [-0.25, -0.2) is 0 Å². The van der Waals surface area contributed by atoms with E-state index in [0.717, 1.165) is 11.1 Å². The minimum absolute atomic E-state index is 0.119. The number of alkyl halides is 3. The van der Waals surface area contributed by atoms with Crippen LogP contribution in [0.25, 0.3) is 0 Å². The summed E-state index contributed by atoms with van der Waals surface area (Å²) in [5, 5.41) is 16.1. The first-order valence-corrected chi connectivity index (χ1v) is 10.5. The van der Waals surface area contributed by atoms with Gasteiger partial charge in [0.1, 0.15) is 11.5 Å². The van der Waals surface area contributed by atoms with E-state index < -0.39 is 29.3 Å². The van der Waals surface area contributed by atoms with E-state index in [1.807, 2.05) is 17.5 Å². The third kappa shape index (κ3) is 4.10. The number of allylic oxidation sites excluding steroid dienone is 4. The van der Waals surface area contributed by atoms with Gasteiger partial charge in [0.05, 0.1) is 5.41 Å². The number of nitrogens with one attached hydrogen (secondary N) is 4. The molecule has 2 atom stereocenters. The summed E-state index contributed by atoms with van der Waals surface area (Å²) in [4.78, 5) is 25.4. The number of carbonyl (C=O) groups excluding carboxylic acids is 2. The van der Waals surface area contributed by atoms with Gasteiger partial charge in [0, 0.05) is 12.1 Å². The summed E-state index contributed by atoms with van der Waals surface area (Å²) in [5.41, 5.74) is 0.610. The van der Waals surface area contributed by atoms with Crippen molar-refractivity contribution in [1.29, 1.82) is 5.41 Å². The summed E-state index contributed by atoms with van der Waals surface area (Å²) in [6.07, 6.45) is 2.79. The zero-order valence-corrected chi connectivity index (χ0v) is 17.8. The number of rotatable bonds is 4. The molecule has 0 aromatic heterocycles. The number of amides is 2. The van der Waals surface area contributed by atoms with Gasteiger partial charge in [0.2, 0.25) is 5.91 Å². The van der Waals surface area contributed by atoms with Crippen LogP contribution in [0.5, 0.6) is 0 Å². The van der Waals surface area contributed by atoms with Gasteiger partial charge in [0.25, 0.3) is 5.91 Å². The summed E-state index contributed by atoms with van der Waals surface area (Å²) in [7, 11) is 0. The number of hydrogen-bond acceptors (Lipinski definition) is 4. The van der Waals surface area contributed by atoms with Crippen LogP contribution in [0.1, 0.15) is 31.4 Å². The first-order valence-electron chi connectivity index (χ1n) is 10.5. The molecule has 0 saturated heterocycles. The second-order valence-corrected chi connectivity index (χ2v) is 8.22. The van der Waals surface area contributed by atoms with Crippen molar-refractivity contribution in [2.24, 2.45) is 5.41 Å². The molecule has 0 radical (unpaired) electrons. The zero-order chi connectivity index (χ0) is 23.8. The third-order valence-corrected chi connectivity index (χ3v) is 6.18. The number of halogens is 3. The average Bonchev–Trinajstić information content (AvgIpc) is 3.29. The molecule has 4 N–H and O–H groups in total. The first kappa shape index (κ1) is 22.6. The van der Waals surface area contributed by atoms with E-state index in [2.05, 4.69) is 10.6 Å². The average molecular weight is 456 g/mol. The maximum Gasteiger partial charge on any atom is 0.412 e. The maximum absolute atomic E-state index is 13.6. The molecule has 1 spiro atoms. The number of benzene rings is 1. The predicted octanol–water partition coefficient (Wildman–Crippen LogP) is 3.58. The van der Waals surface area contributed by atoms with Crippen LogP contribution in [0.4, 0.5) is 13.2 Å². The molecule has 1 aromatic carbocycles. The summed E-state index contributed by atoms with van der Waals surface area (Å²) in [6, 6.07) is 4.80. The smallest absolute Gasteiger partial charge is 0.368 e.